The van der Waals surface area contributed by atoms with Gasteiger partial charge in [-0.15, -0.1) is 0 Å². The molecular formula is C14H25NO2. The molecule has 0 bridgehead atoms. The molecule has 0 aromatic heterocycles. The van der Waals surface area contributed by atoms with Crippen molar-refractivity contribution >= 4 is 0 Å². The van der Waals surface area contributed by atoms with Crippen molar-refractivity contribution in [2.75, 3.05) is 26.3 Å². The summed E-state index contributed by atoms with van der Waals surface area (Å²) in [6.45, 7) is 8.29. The van der Waals surface area contributed by atoms with Gasteiger partial charge in [0.05, 0.1) is 11.2 Å². The average Bonchev–Trinajstić information content (AvgIpc) is 2.57. The lowest BCUT2D eigenvalue weighted by molar-refractivity contribution is -0.222. The molecule has 2 heterocycles. The molecule has 2 spiro atoms. The van der Waals surface area contributed by atoms with E-state index in [-0.39, 0.29) is 11.2 Å². The fraction of sp³-hybridized carbons (Fsp3) is 1.00. The van der Waals surface area contributed by atoms with Crippen molar-refractivity contribution in [2.24, 2.45) is 5.41 Å². The molecule has 98 valence electrons. The highest BCUT2D eigenvalue weighted by Gasteiger charge is 2.58. The van der Waals surface area contributed by atoms with Gasteiger partial charge in [-0.2, -0.15) is 0 Å². The standard InChI is InChI=1S/C14H25NO2/c1-12(2)10-15-11-14(17-12)5-3-4-13(14)6-8-16-9-7-13/h15H,3-11H2,1-2H3. The van der Waals surface area contributed by atoms with Gasteiger partial charge < -0.3 is 14.8 Å². The van der Waals surface area contributed by atoms with E-state index >= 15 is 0 Å². The van der Waals surface area contributed by atoms with E-state index in [0.717, 1.165) is 26.3 Å². The lowest BCUT2D eigenvalue weighted by Gasteiger charge is -2.54. The normalized spacial score (nSPS) is 39.9. The zero-order valence-electron chi connectivity index (χ0n) is 11.2. The molecular weight excluding hydrogens is 214 g/mol. The summed E-state index contributed by atoms with van der Waals surface area (Å²) in [5.74, 6) is 0. The molecule has 3 rings (SSSR count). The molecule has 1 aliphatic carbocycles. The molecule has 1 atom stereocenters. The summed E-state index contributed by atoms with van der Waals surface area (Å²) in [6.07, 6.45) is 6.24. The molecule has 3 aliphatic rings. The predicted molar refractivity (Wildman–Crippen MR) is 67.1 cm³/mol. The molecule has 1 N–H and O–H groups in total. The van der Waals surface area contributed by atoms with Crippen LogP contribution in [-0.4, -0.2) is 37.5 Å². The van der Waals surface area contributed by atoms with Gasteiger partial charge in [-0.1, -0.05) is 0 Å². The largest absolute Gasteiger partial charge is 0.381 e. The molecule has 17 heavy (non-hydrogen) atoms. The van der Waals surface area contributed by atoms with Crippen molar-refractivity contribution < 1.29 is 9.47 Å². The number of morpholine rings is 1. The van der Waals surface area contributed by atoms with E-state index in [9.17, 15) is 0 Å². The van der Waals surface area contributed by atoms with Gasteiger partial charge in [0.1, 0.15) is 0 Å². The summed E-state index contributed by atoms with van der Waals surface area (Å²) in [5, 5.41) is 3.61. The second-order valence-corrected chi connectivity index (χ2v) is 6.71. The van der Waals surface area contributed by atoms with Crippen LogP contribution in [0.15, 0.2) is 0 Å². The molecule has 0 aromatic carbocycles. The SMILES string of the molecule is CC1(C)CNCC2(CCCC23CCOCC3)O1. The minimum atomic E-state index is -0.0199. The summed E-state index contributed by atoms with van der Waals surface area (Å²) in [6, 6.07) is 0. The summed E-state index contributed by atoms with van der Waals surface area (Å²) < 4.78 is 12.2. The summed E-state index contributed by atoms with van der Waals surface area (Å²) in [4.78, 5) is 0. The van der Waals surface area contributed by atoms with Gasteiger partial charge in [0.25, 0.3) is 0 Å². The van der Waals surface area contributed by atoms with Gasteiger partial charge >= 0.3 is 0 Å². The van der Waals surface area contributed by atoms with Crippen LogP contribution in [0.25, 0.3) is 0 Å². The van der Waals surface area contributed by atoms with E-state index in [2.05, 4.69) is 19.2 Å². The Morgan fingerprint density at radius 3 is 2.41 bits per heavy atom. The molecule has 2 aliphatic heterocycles. The second-order valence-electron chi connectivity index (χ2n) is 6.71. The monoisotopic (exact) mass is 239 g/mol. The van der Waals surface area contributed by atoms with Crippen molar-refractivity contribution in [3.05, 3.63) is 0 Å². The number of ether oxygens (including phenoxy) is 2. The van der Waals surface area contributed by atoms with Crippen LogP contribution in [0.4, 0.5) is 0 Å². The topological polar surface area (TPSA) is 30.5 Å². The fourth-order valence-corrected chi connectivity index (χ4v) is 4.27. The van der Waals surface area contributed by atoms with E-state index < -0.39 is 0 Å². The van der Waals surface area contributed by atoms with Crippen LogP contribution in [0.3, 0.4) is 0 Å². The maximum Gasteiger partial charge on any atom is 0.0871 e. The van der Waals surface area contributed by atoms with E-state index in [1.54, 1.807) is 0 Å². The number of rotatable bonds is 0. The Kier molecular flexibility index (Phi) is 2.77. The Bertz CT molecular complexity index is 297. The lowest BCUT2D eigenvalue weighted by atomic mass is 9.67. The first kappa shape index (κ1) is 11.9. The van der Waals surface area contributed by atoms with Crippen LogP contribution >= 0.6 is 0 Å². The smallest absolute Gasteiger partial charge is 0.0871 e. The zero-order valence-corrected chi connectivity index (χ0v) is 11.2. The van der Waals surface area contributed by atoms with Crippen LogP contribution < -0.4 is 5.32 Å². The van der Waals surface area contributed by atoms with E-state index in [1.165, 1.54) is 32.1 Å². The highest BCUT2D eigenvalue weighted by Crippen LogP contribution is 2.56. The Balaban J connectivity index is 1.88. The van der Waals surface area contributed by atoms with Gasteiger partial charge in [-0.25, -0.2) is 0 Å². The summed E-state index contributed by atoms with van der Waals surface area (Å²) in [5.41, 5.74) is 0.447. The Morgan fingerprint density at radius 1 is 0.941 bits per heavy atom. The van der Waals surface area contributed by atoms with Crippen molar-refractivity contribution in [1.82, 2.24) is 5.32 Å². The molecule has 0 amide bonds. The molecule has 0 radical (unpaired) electrons. The predicted octanol–water partition coefficient (Wildman–Crippen LogP) is 2.10. The van der Waals surface area contributed by atoms with Gasteiger partial charge in [-0.05, 0) is 46.0 Å². The molecule has 1 saturated carbocycles. The molecule has 0 aromatic rings. The van der Waals surface area contributed by atoms with Crippen molar-refractivity contribution in [1.29, 1.82) is 0 Å². The van der Waals surface area contributed by atoms with Crippen molar-refractivity contribution in [3.63, 3.8) is 0 Å². The summed E-state index contributed by atoms with van der Waals surface area (Å²) in [7, 11) is 0. The number of hydrogen-bond acceptors (Lipinski definition) is 3. The second kappa shape index (κ2) is 3.94. The molecule has 3 heteroatoms. The Hall–Kier alpha value is -0.120. The molecule has 2 saturated heterocycles. The average molecular weight is 239 g/mol. The minimum Gasteiger partial charge on any atom is -0.381 e. The van der Waals surface area contributed by atoms with Crippen LogP contribution in [0, 0.1) is 5.41 Å². The maximum absolute atomic E-state index is 6.60. The molecule has 1 unspecified atom stereocenters. The quantitative estimate of drug-likeness (QED) is 0.702. The van der Waals surface area contributed by atoms with Crippen LogP contribution in [0.1, 0.15) is 46.0 Å². The minimum absolute atomic E-state index is 0.0199. The third-order valence-electron chi connectivity index (χ3n) is 5.09. The first-order valence-corrected chi connectivity index (χ1v) is 7.06. The highest BCUT2D eigenvalue weighted by molar-refractivity contribution is 5.10. The lowest BCUT2D eigenvalue weighted by Crippen LogP contribution is -2.64. The first-order valence-electron chi connectivity index (χ1n) is 7.06. The summed E-state index contributed by atoms with van der Waals surface area (Å²) >= 11 is 0. The fourth-order valence-electron chi connectivity index (χ4n) is 4.27. The number of fused-ring (bicyclic) bond motifs is 1. The number of nitrogens with one attached hydrogen (secondary N) is 1. The van der Waals surface area contributed by atoms with Gasteiger partial charge in [0.2, 0.25) is 0 Å². The van der Waals surface area contributed by atoms with Crippen LogP contribution in [0.2, 0.25) is 0 Å². The Labute approximate surface area is 104 Å². The van der Waals surface area contributed by atoms with E-state index in [1.807, 2.05) is 0 Å². The third kappa shape index (κ3) is 1.83. The zero-order chi connectivity index (χ0) is 12.0. The first-order chi connectivity index (χ1) is 8.08. The number of hydrogen-bond donors (Lipinski definition) is 1. The molecule has 3 nitrogen and oxygen atoms in total. The van der Waals surface area contributed by atoms with Crippen LogP contribution in [0.5, 0.6) is 0 Å². The molecule has 3 fully saturated rings. The highest BCUT2D eigenvalue weighted by atomic mass is 16.5. The van der Waals surface area contributed by atoms with Crippen LogP contribution in [-0.2, 0) is 9.47 Å². The third-order valence-corrected chi connectivity index (χ3v) is 5.09. The van der Waals surface area contributed by atoms with Gasteiger partial charge in [-0.3, -0.25) is 0 Å². The van der Waals surface area contributed by atoms with E-state index in [4.69, 9.17) is 9.47 Å². The van der Waals surface area contributed by atoms with Gasteiger partial charge in [0, 0.05) is 31.7 Å². The van der Waals surface area contributed by atoms with Crippen molar-refractivity contribution in [3.8, 4) is 0 Å². The van der Waals surface area contributed by atoms with Gasteiger partial charge in [0.15, 0.2) is 0 Å². The van der Waals surface area contributed by atoms with E-state index in [0.29, 0.717) is 5.41 Å². The Morgan fingerprint density at radius 2 is 1.71 bits per heavy atom. The van der Waals surface area contributed by atoms with Crippen molar-refractivity contribution in [2.45, 2.75) is 57.2 Å². The maximum atomic E-state index is 6.60.